The lowest BCUT2D eigenvalue weighted by atomic mass is 9.95. The average molecular weight is 380 g/mol. The number of rotatable bonds is 2. The van der Waals surface area contributed by atoms with Crippen LogP contribution in [0.15, 0.2) is 28.9 Å². The van der Waals surface area contributed by atoms with Gasteiger partial charge in [0.1, 0.15) is 11.9 Å². The van der Waals surface area contributed by atoms with Crippen molar-refractivity contribution in [1.29, 1.82) is 0 Å². The molecule has 0 N–H and O–H groups in total. The van der Waals surface area contributed by atoms with Crippen LogP contribution in [0.25, 0.3) is 0 Å². The monoisotopic (exact) mass is 379 g/mol. The van der Waals surface area contributed by atoms with E-state index in [-0.39, 0.29) is 17.8 Å². The second kappa shape index (κ2) is 6.07. The van der Waals surface area contributed by atoms with Gasteiger partial charge in [-0.3, -0.25) is 9.48 Å². The van der Waals surface area contributed by atoms with Crippen molar-refractivity contribution in [1.82, 2.24) is 9.78 Å². The van der Waals surface area contributed by atoms with Gasteiger partial charge in [-0.15, -0.1) is 0 Å². The molecule has 4 nitrogen and oxygen atoms in total. The first-order valence-electron chi connectivity index (χ1n) is 7.71. The minimum Gasteiger partial charge on any atom is -0.308 e. The number of halogens is 2. The van der Waals surface area contributed by atoms with Crippen LogP contribution in [0.1, 0.15) is 37.6 Å². The van der Waals surface area contributed by atoms with Crippen molar-refractivity contribution in [2.24, 2.45) is 0 Å². The Kier molecular flexibility index (Phi) is 4.27. The highest BCUT2D eigenvalue weighted by Gasteiger charge is 2.32. The van der Waals surface area contributed by atoms with Crippen molar-refractivity contribution in [2.75, 3.05) is 4.90 Å². The summed E-state index contributed by atoms with van der Waals surface area (Å²) < 4.78 is 16.1. The maximum absolute atomic E-state index is 13.5. The van der Waals surface area contributed by atoms with Crippen molar-refractivity contribution in [3.8, 4) is 0 Å². The molecule has 0 saturated heterocycles. The first-order valence-corrected chi connectivity index (χ1v) is 8.50. The normalized spacial score (nSPS) is 18.7. The van der Waals surface area contributed by atoms with E-state index in [1.165, 1.54) is 12.1 Å². The summed E-state index contributed by atoms with van der Waals surface area (Å²) in [5.41, 5.74) is 2.61. The Hall–Kier alpha value is -1.69. The van der Waals surface area contributed by atoms with Crippen LogP contribution in [0, 0.1) is 12.7 Å². The number of aromatic nitrogens is 2. The largest absolute Gasteiger partial charge is 0.308 e. The Morgan fingerprint density at radius 3 is 2.87 bits per heavy atom. The van der Waals surface area contributed by atoms with Gasteiger partial charge in [0.15, 0.2) is 0 Å². The molecule has 1 aliphatic heterocycles. The molecule has 2 aromatic rings. The van der Waals surface area contributed by atoms with E-state index in [0.717, 1.165) is 34.3 Å². The fourth-order valence-corrected chi connectivity index (χ4v) is 3.43. The van der Waals surface area contributed by atoms with Crippen LogP contribution in [0.2, 0.25) is 0 Å². The Labute approximate surface area is 143 Å². The number of amides is 1. The molecule has 0 aliphatic carbocycles. The van der Waals surface area contributed by atoms with Crippen LogP contribution in [0.5, 0.6) is 0 Å². The summed E-state index contributed by atoms with van der Waals surface area (Å²) in [5, 5.41) is 4.29. The Bertz CT molecular complexity index is 758. The van der Waals surface area contributed by atoms with Crippen LogP contribution < -0.4 is 4.90 Å². The summed E-state index contributed by atoms with van der Waals surface area (Å²) in [6.45, 7) is 5.80. The molecule has 0 unspecified atom stereocenters. The fraction of sp³-hybridized carbons (Fsp3) is 0.412. The minimum atomic E-state index is -0.417. The third-order valence-electron chi connectivity index (χ3n) is 4.52. The number of anilines is 1. The summed E-state index contributed by atoms with van der Waals surface area (Å²) >= 11 is 3.43. The molecule has 1 aliphatic rings. The quantitative estimate of drug-likeness (QED) is 0.789. The van der Waals surface area contributed by atoms with E-state index in [1.807, 2.05) is 20.8 Å². The van der Waals surface area contributed by atoms with Crippen molar-refractivity contribution in [3.63, 3.8) is 0 Å². The molecule has 3 rings (SSSR count). The number of nitrogens with zero attached hydrogens (tertiary/aromatic N) is 3. The van der Waals surface area contributed by atoms with Crippen LogP contribution >= 0.6 is 15.9 Å². The third kappa shape index (κ3) is 2.80. The summed E-state index contributed by atoms with van der Waals surface area (Å²) in [6.07, 6.45) is 3.32. The maximum atomic E-state index is 13.5. The zero-order valence-corrected chi connectivity index (χ0v) is 15.0. The van der Waals surface area contributed by atoms with E-state index in [1.54, 1.807) is 21.8 Å². The maximum Gasteiger partial charge on any atom is 0.251 e. The number of hydrogen-bond donors (Lipinski definition) is 0. The molecule has 122 valence electrons. The first-order chi connectivity index (χ1) is 10.9. The van der Waals surface area contributed by atoms with Gasteiger partial charge in [-0.25, -0.2) is 4.39 Å². The Balaban J connectivity index is 1.97. The molecule has 1 aromatic heterocycles. The molecule has 0 spiro atoms. The second-order valence-corrected chi connectivity index (χ2v) is 6.92. The van der Waals surface area contributed by atoms with E-state index < -0.39 is 6.04 Å². The zero-order valence-electron chi connectivity index (χ0n) is 13.4. The predicted octanol–water partition coefficient (Wildman–Crippen LogP) is 4.02. The topological polar surface area (TPSA) is 38.1 Å². The zero-order chi connectivity index (χ0) is 16.7. The van der Waals surface area contributed by atoms with Gasteiger partial charge in [-0.05, 0) is 73.3 Å². The highest BCUT2D eigenvalue weighted by atomic mass is 79.9. The van der Waals surface area contributed by atoms with Crippen LogP contribution in [-0.2, 0) is 11.2 Å². The lowest BCUT2D eigenvalue weighted by molar-refractivity contribution is -0.122. The van der Waals surface area contributed by atoms with E-state index in [0.29, 0.717) is 0 Å². The van der Waals surface area contributed by atoms with Gasteiger partial charge in [-0.1, -0.05) is 0 Å². The van der Waals surface area contributed by atoms with Gasteiger partial charge >= 0.3 is 0 Å². The van der Waals surface area contributed by atoms with Gasteiger partial charge in [0.2, 0.25) is 0 Å². The van der Waals surface area contributed by atoms with Crippen LogP contribution in [0.3, 0.4) is 0 Å². The van der Waals surface area contributed by atoms with Gasteiger partial charge < -0.3 is 4.90 Å². The summed E-state index contributed by atoms with van der Waals surface area (Å²) in [5.74, 6) is -0.283. The van der Waals surface area contributed by atoms with Crippen LogP contribution in [-0.4, -0.2) is 21.7 Å². The van der Waals surface area contributed by atoms with Gasteiger partial charge in [-0.2, -0.15) is 5.10 Å². The van der Waals surface area contributed by atoms with Gasteiger partial charge in [0.25, 0.3) is 5.91 Å². The van der Waals surface area contributed by atoms with E-state index in [9.17, 15) is 9.18 Å². The van der Waals surface area contributed by atoms with Crippen molar-refractivity contribution in [3.05, 3.63) is 45.9 Å². The number of fused-ring (bicyclic) bond motifs is 1. The molecular formula is C17H19BrFN3O. The summed E-state index contributed by atoms with van der Waals surface area (Å²) in [4.78, 5) is 14.9. The number of benzene rings is 1. The van der Waals surface area contributed by atoms with Crippen molar-refractivity contribution >= 4 is 27.5 Å². The second-order valence-electron chi connectivity index (χ2n) is 6.07. The Morgan fingerprint density at radius 2 is 2.22 bits per heavy atom. The molecule has 1 amide bonds. The van der Waals surface area contributed by atoms with Crippen LogP contribution in [0.4, 0.5) is 10.1 Å². The number of hydrogen-bond acceptors (Lipinski definition) is 2. The molecule has 0 radical (unpaired) electrons. The van der Waals surface area contributed by atoms with Crippen molar-refractivity contribution in [2.45, 2.75) is 45.7 Å². The predicted molar refractivity (Wildman–Crippen MR) is 91.0 cm³/mol. The van der Waals surface area contributed by atoms with Gasteiger partial charge in [0.05, 0.1) is 16.4 Å². The molecule has 0 bridgehead atoms. The summed E-state index contributed by atoms with van der Waals surface area (Å²) in [7, 11) is 0. The van der Waals surface area contributed by atoms with E-state index in [2.05, 4.69) is 21.0 Å². The van der Waals surface area contributed by atoms with Crippen molar-refractivity contribution < 1.29 is 9.18 Å². The molecule has 0 fully saturated rings. The Morgan fingerprint density at radius 1 is 1.48 bits per heavy atom. The third-order valence-corrected chi connectivity index (χ3v) is 5.30. The number of carbonyl (C=O) groups is 1. The molecule has 0 saturated carbocycles. The SMILES string of the molecule is Cc1c(Br)cnn1[C@@H](C)C(=O)N1c2ccc(F)cc2CC[C@H]1C. The first kappa shape index (κ1) is 16.2. The lowest BCUT2D eigenvalue weighted by Gasteiger charge is -2.37. The molecule has 23 heavy (non-hydrogen) atoms. The standard InChI is InChI=1S/C17H19BrFN3O/c1-10-4-5-13-8-14(19)6-7-16(13)21(10)17(23)12(3)22-11(2)15(18)9-20-22/h6-10,12H,4-5H2,1-3H3/t10-,12+/m1/s1. The average Bonchev–Trinajstić information content (AvgIpc) is 2.86. The highest BCUT2D eigenvalue weighted by Crippen LogP contribution is 2.33. The highest BCUT2D eigenvalue weighted by molar-refractivity contribution is 9.10. The number of carbonyl (C=O) groups excluding carboxylic acids is 1. The molecular weight excluding hydrogens is 361 g/mol. The summed E-state index contributed by atoms with van der Waals surface area (Å²) in [6, 6.07) is 4.32. The lowest BCUT2D eigenvalue weighted by Crippen LogP contribution is -2.45. The molecule has 2 heterocycles. The molecule has 2 atom stereocenters. The molecule has 1 aromatic carbocycles. The smallest absolute Gasteiger partial charge is 0.251 e. The number of aryl methyl sites for hydroxylation is 1. The fourth-order valence-electron chi connectivity index (χ4n) is 3.15. The minimum absolute atomic E-state index is 0.0243. The van der Waals surface area contributed by atoms with E-state index in [4.69, 9.17) is 0 Å². The van der Waals surface area contributed by atoms with E-state index >= 15 is 0 Å². The molecule has 6 heteroatoms. The van der Waals surface area contributed by atoms with Gasteiger partial charge in [0, 0.05) is 11.7 Å².